The van der Waals surface area contributed by atoms with E-state index >= 15 is 0 Å². The molecule has 0 aliphatic rings. The summed E-state index contributed by atoms with van der Waals surface area (Å²) in [6.07, 6.45) is 3.34. The van der Waals surface area contributed by atoms with Crippen molar-refractivity contribution in [2.45, 2.75) is 18.4 Å². The van der Waals surface area contributed by atoms with Crippen LogP contribution >= 0.6 is 0 Å². The van der Waals surface area contributed by atoms with Gasteiger partial charge in [-0.3, -0.25) is 9.29 Å². The fourth-order valence-electron chi connectivity index (χ4n) is 2.71. The van der Waals surface area contributed by atoms with Crippen molar-refractivity contribution in [1.29, 1.82) is 0 Å². The van der Waals surface area contributed by atoms with Gasteiger partial charge in [0, 0.05) is 12.4 Å². The van der Waals surface area contributed by atoms with Gasteiger partial charge in [-0.2, -0.15) is 0 Å². The van der Waals surface area contributed by atoms with Gasteiger partial charge < -0.3 is 4.74 Å². The normalized spacial score (nSPS) is 11.2. The highest BCUT2D eigenvalue weighted by atomic mass is 32.2. The lowest BCUT2D eigenvalue weighted by atomic mass is 10.2. The molecule has 2 aromatic carbocycles. The van der Waals surface area contributed by atoms with E-state index in [0.717, 1.165) is 11.1 Å². The zero-order valence-electron chi connectivity index (χ0n) is 14.7. The monoisotopic (exact) mass is 368 g/mol. The molecular formula is C20H20N2O3S. The molecule has 0 aliphatic heterocycles. The maximum Gasteiger partial charge on any atom is 0.264 e. The molecule has 1 aromatic heterocycles. The molecule has 0 fully saturated rings. The Morgan fingerprint density at radius 3 is 2.42 bits per heavy atom. The third kappa shape index (κ3) is 3.70. The van der Waals surface area contributed by atoms with E-state index < -0.39 is 10.0 Å². The van der Waals surface area contributed by atoms with E-state index in [9.17, 15) is 8.42 Å². The molecular weight excluding hydrogens is 348 g/mol. The van der Waals surface area contributed by atoms with E-state index in [2.05, 4.69) is 4.98 Å². The Hall–Kier alpha value is -2.86. The van der Waals surface area contributed by atoms with E-state index in [-0.39, 0.29) is 11.4 Å². The molecule has 0 N–H and O–H groups in total. The summed E-state index contributed by atoms with van der Waals surface area (Å²) in [7, 11) is -2.19. The van der Waals surface area contributed by atoms with Crippen LogP contribution in [-0.4, -0.2) is 20.5 Å². The Labute approximate surface area is 153 Å². The first-order valence-electron chi connectivity index (χ1n) is 8.13. The predicted molar refractivity (Wildman–Crippen MR) is 102 cm³/mol. The van der Waals surface area contributed by atoms with E-state index in [4.69, 9.17) is 4.74 Å². The summed E-state index contributed by atoms with van der Waals surface area (Å²) in [5.74, 6) is 0.655. The standard InChI is InChI=1S/C20H20N2O3S/c1-16-13-19(10-11-20(16)25-2)26(23,24)22(18-8-4-3-5-9-18)15-17-7-6-12-21-14-17/h3-14H,15H2,1-2H3. The van der Waals surface area contributed by atoms with Crippen LogP contribution < -0.4 is 9.04 Å². The number of methoxy groups -OCH3 is 1. The largest absolute Gasteiger partial charge is 0.496 e. The highest BCUT2D eigenvalue weighted by Crippen LogP contribution is 2.28. The number of aryl methyl sites for hydroxylation is 1. The lowest BCUT2D eigenvalue weighted by molar-refractivity contribution is 0.411. The van der Waals surface area contributed by atoms with Gasteiger partial charge in [-0.1, -0.05) is 24.3 Å². The molecule has 0 saturated carbocycles. The van der Waals surface area contributed by atoms with Gasteiger partial charge >= 0.3 is 0 Å². The molecule has 0 saturated heterocycles. The second-order valence-corrected chi connectivity index (χ2v) is 7.70. The third-order valence-corrected chi connectivity index (χ3v) is 5.82. The van der Waals surface area contributed by atoms with Gasteiger partial charge in [0.2, 0.25) is 0 Å². The SMILES string of the molecule is COc1ccc(S(=O)(=O)N(Cc2cccnc2)c2ccccc2)cc1C. The molecule has 5 nitrogen and oxygen atoms in total. The van der Waals surface area contributed by atoms with Gasteiger partial charge in [0.05, 0.1) is 24.2 Å². The first-order valence-corrected chi connectivity index (χ1v) is 9.57. The van der Waals surface area contributed by atoms with Crippen LogP contribution in [0, 0.1) is 6.92 Å². The molecule has 0 radical (unpaired) electrons. The Kier molecular flexibility index (Phi) is 5.23. The van der Waals surface area contributed by atoms with Crippen molar-refractivity contribution in [3.8, 4) is 5.75 Å². The topological polar surface area (TPSA) is 59.5 Å². The van der Waals surface area contributed by atoms with Crippen LogP contribution in [0.4, 0.5) is 5.69 Å². The maximum atomic E-state index is 13.4. The van der Waals surface area contributed by atoms with E-state index in [0.29, 0.717) is 11.4 Å². The van der Waals surface area contributed by atoms with Crippen molar-refractivity contribution in [3.05, 3.63) is 84.2 Å². The molecule has 0 spiro atoms. The fourth-order valence-corrected chi connectivity index (χ4v) is 4.24. The fraction of sp³-hybridized carbons (Fsp3) is 0.150. The van der Waals surface area contributed by atoms with Crippen LogP contribution in [0.3, 0.4) is 0 Å². The molecule has 134 valence electrons. The molecule has 0 aliphatic carbocycles. The average molecular weight is 368 g/mol. The second kappa shape index (κ2) is 7.58. The van der Waals surface area contributed by atoms with Gasteiger partial charge in [-0.05, 0) is 54.4 Å². The zero-order valence-corrected chi connectivity index (χ0v) is 15.5. The third-order valence-electron chi connectivity index (χ3n) is 4.05. The molecule has 0 amide bonds. The Morgan fingerprint density at radius 2 is 1.81 bits per heavy atom. The summed E-state index contributed by atoms with van der Waals surface area (Å²) < 4.78 is 33.3. The number of ether oxygens (including phenoxy) is 1. The number of pyridine rings is 1. The minimum absolute atomic E-state index is 0.200. The summed E-state index contributed by atoms with van der Waals surface area (Å²) in [6, 6.07) is 17.6. The minimum atomic E-state index is -3.75. The quantitative estimate of drug-likeness (QED) is 0.664. The van der Waals surface area contributed by atoms with Crippen molar-refractivity contribution >= 4 is 15.7 Å². The van der Waals surface area contributed by atoms with Crippen molar-refractivity contribution < 1.29 is 13.2 Å². The maximum absolute atomic E-state index is 13.4. The van der Waals surface area contributed by atoms with Gasteiger partial charge in [-0.25, -0.2) is 8.42 Å². The van der Waals surface area contributed by atoms with Crippen LogP contribution in [-0.2, 0) is 16.6 Å². The number of nitrogens with zero attached hydrogens (tertiary/aromatic N) is 2. The van der Waals surface area contributed by atoms with Crippen LogP contribution in [0.1, 0.15) is 11.1 Å². The van der Waals surface area contributed by atoms with E-state index in [1.807, 2.05) is 31.2 Å². The molecule has 26 heavy (non-hydrogen) atoms. The first kappa shape index (κ1) is 17.9. The highest BCUT2D eigenvalue weighted by Gasteiger charge is 2.25. The van der Waals surface area contributed by atoms with Gasteiger partial charge in [0.15, 0.2) is 0 Å². The molecule has 0 bridgehead atoms. The van der Waals surface area contributed by atoms with E-state index in [1.54, 1.807) is 55.9 Å². The number of aromatic nitrogens is 1. The number of rotatable bonds is 6. The second-order valence-electron chi connectivity index (χ2n) is 5.84. The summed E-state index contributed by atoms with van der Waals surface area (Å²) in [5, 5.41) is 0. The van der Waals surface area contributed by atoms with Crippen LogP contribution in [0.15, 0.2) is 78.0 Å². The van der Waals surface area contributed by atoms with Crippen molar-refractivity contribution in [3.63, 3.8) is 0 Å². The summed E-state index contributed by atoms with van der Waals surface area (Å²) in [5.41, 5.74) is 2.18. The van der Waals surface area contributed by atoms with Crippen molar-refractivity contribution in [1.82, 2.24) is 4.98 Å². The first-order chi connectivity index (χ1) is 12.5. The zero-order chi connectivity index (χ0) is 18.6. The lowest BCUT2D eigenvalue weighted by Gasteiger charge is -2.25. The number of hydrogen-bond acceptors (Lipinski definition) is 4. The molecule has 3 aromatic rings. The highest BCUT2D eigenvalue weighted by molar-refractivity contribution is 7.92. The van der Waals surface area contributed by atoms with Crippen molar-refractivity contribution in [2.24, 2.45) is 0 Å². The Morgan fingerprint density at radius 1 is 1.04 bits per heavy atom. The number of para-hydroxylation sites is 1. The van der Waals surface area contributed by atoms with Gasteiger partial charge in [0.1, 0.15) is 5.75 Å². The number of anilines is 1. The number of hydrogen-bond donors (Lipinski definition) is 0. The number of sulfonamides is 1. The van der Waals surface area contributed by atoms with Crippen molar-refractivity contribution in [2.75, 3.05) is 11.4 Å². The van der Waals surface area contributed by atoms with Crippen LogP contribution in [0.2, 0.25) is 0 Å². The summed E-state index contributed by atoms with van der Waals surface area (Å²) in [6.45, 7) is 2.02. The molecule has 0 unspecified atom stereocenters. The molecule has 1 heterocycles. The smallest absolute Gasteiger partial charge is 0.264 e. The minimum Gasteiger partial charge on any atom is -0.496 e. The Balaban J connectivity index is 2.06. The summed E-state index contributed by atoms with van der Waals surface area (Å²) >= 11 is 0. The number of benzene rings is 2. The predicted octanol–water partition coefficient (Wildman–Crippen LogP) is 3.79. The van der Waals surface area contributed by atoms with Crippen LogP contribution in [0.25, 0.3) is 0 Å². The molecule has 6 heteroatoms. The van der Waals surface area contributed by atoms with E-state index in [1.165, 1.54) is 4.31 Å². The lowest BCUT2D eigenvalue weighted by Crippen LogP contribution is -2.30. The van der Waals surface area contributed by atoms with Gasteiger partial charge in [0.25, 0.3) is 10.0 Å². The summed E-state index contributed by atoms with van der Waals surface area (Å²) in [4.78, 5) is 4.31. The molecule has 3 rings (SSSR count). The van der Waals surface area contributed by atoms with Crippen LogP contribution in [0.5, 0.6) is 5.75 Å². The van der Waals surface area contributed by atoms with Gasteiger partial charge in [-0.15, -0.1) is 0 Å². The average Bonchev–Trinajstić information content (AvgIpc) is 2.67. The Bertz CT molecular complexity index is 974. The molecule has 0 atom stereocenters.